The lowest BCUT2D eigenvalue weighted by Crippen LogP contribution is -2.44. The molecular weight excluding hydrogens is 326 g/mol. The van der Waals surface area contributed by atoms with E-state index < -0.39 is 0 Å². The first kappa shape index (κ1) is 18.9. The third kappa shape index (κ3) is 3.78. The highest BCUT2D eigenvalue weighted by Crippen LogP contribution is 2.44. The molecule has 2 fully saturated rings. The highest BCUT2D eigenvalue weighted by Gasteiger charge is 2.49. The molecule has 5 nitrogen and oxygen atoms in total. The van der Waals surface area contributed by atoms with Gasteiger partial charge in [-0.1, -0.05) is 26.7 Å². The lowest BCUT2D eigenvalue weighted by molar-refractivity contribution is -0.128. The van der Waals surface area contributed by atoms with Gasteiger partial charge >= 0.3 is 0 Å². The Morgan fingerprint density at radius 3 is 2.85 bits per heavy atom. The standard InChI is InChI=1S/C21H31N3O2/c1-14(2)11-23-19(25)16-7-8-18(15(3)10-16)24-20(26)21-9-5-4-6-17(21)12-22-13-21/h7-8,10,14,17,22H,4-6,9,11-13H2,1-3H3,(H,23,25)(H,24,26)/t17-,21+/m0/s1. The molecule has 5 heteroatoms. The molecule has 1 aromatic rings. The normalized spacial score (nSPS) is 25.0. The van der Waals surface area contributed by atoms with Gasteiger partial charge in [-0.05, 0) is 61.9 Å². The van der Waals surface area contributed by atoms with Crippen LogP contribution in [0.1, 0.15) is 55.5 Å². The summed E-state index contributed by atoms with van der Waals surface area (Å²) >= 11 is 0. The second-order valence-electron chi connectivity index (χ2n) is 8.32. The Hall–Kier alpha value is -1.88. The number of benzene rings is 1. The number of anilines is 1. The molecule has 0 spiro atoms. The number of nitrogens with one attached hydrogen (secondary N) is 3. The van der Waals surface area contributed by atoms with Gasteiger partial charge in [0.1, 0.15) is 0 Å². The van der Waals surface area contributed by atoms with Crippen molar-refractivity contribution in [2.24, 2.45) is 17.3 Å². The van der Waals surface area contributed by atoms with E-state index in [1.54, 1.807) is 6.07 Å². The van der Waals surface area contributed by atoms with Gasteiger partial charge in [0, 0.05) is 24.3 Å². The number of hydrogen-bond donors (Lipinski definition) is 3. The Kier molecular flexibility index (Phi) is 5.66. The molecule has 1 saturated heterocycles. The van der Waals surface area contributed by atoms with Crippen LogP contribution in [-0.4, -0.2) is 31.4 Å². The maximum Gasteiger partial charge on any atom is 0.251 e. The summed E-state index contributed by atoms with van der Waals surface area (Å²) in [5, 5.41) is 9.50. The summed E-state index contributed by atoms with van der Waals surface area (Å²) < 4.78 is 0. The monoisotopic (exact) mass is 357 g/mol. The van der Waals surface area contributed by atoms with E-state index in [1.165, 1.54) is 6.42 Å². The Labute approximate surface area is 156 Å². The summed E-state index contributed by atoms with van der Waals surface area (Å²) in [6.45, 7) is 8.46. The van der Waals surface area contributed by atoms with E-state index in [2.05, 4.69) is 29.8 Å². The third-order valence-corrected chi connectivity index (χ3v) is 5.90. The maximum atomic E-state index is 13.1. The molecule has 3 N–H and O–H groups in total. The average molecular weight is 357 g/mol. The van der Waals surface area contributed by atoms with E-state index in [-0.39, 0.29) is 17.2 Å². The highest BCUT2D eigenvalue weighted by molar-refractivity contribution is 5.98. The molecule has 1 heterocycles. The lowest BCUT2D eigenvalue weighted by atomic mass is 9.67. The minimum absolute atomic E-state index is 0.0643. The fourth-order valence-corrected chi connectivity index (χ4v) is 4.28. The molecule has 2 amide bonds. The summed E-state index contributed by atoms with van der Waals surface area (Å²) in [6.07, 6.45) is 4.44. The van der Waals surface area contributed by atoms with Crippen LogP contribution in [0.3, 0.4) is 0 Å². The van der Waals surface area contributed by atoms with Crippen LogP contribution >= 0.6 is 0 Å². The van der Waals surface area contributed by atoms with Crippen LogP contribution in [0, 0.1) is 24.2 Å². The minimum Gasteiger partial charge on any atom is -0.352 e. The van der Waals surface area contributed by atoms with Gasteiger partial charge in [0.25, 0.3) is 5.91 Å². The Bertz CT molecular complexity index is 686. The first-order chi connectivity index (χ1) is 12.4. The predicted octanol–water partition coefficient (Wildman–Crippen LogP) is 3.10. The molecule has 142 valence electrons. The fraction of sp³-hybridized carbons (Fsp3) is 0.619. The largest absolute Gasteiger partial charge is 0.352 e. The van der Waals surface area contributed by atoms with Crippen LogP contribution in [0.15, 0.2) is 18.2 Å². The number of fused-ring (bicyclic) bond motifs is 1. The van der Waals surface area contributed by atoms with Crippen molar-refractivity contribution in [2.75, 3.05) is 25.0 Å². The van der Waals surface area contributed by atoms with Crippen molar-refractivity contribution < 1.29 is 9.59 Å². The summed E-state index contributed by atoms with van der Waals surface area (Å²) in [5.41, 5.74) is 2.10. The van der Waals surface area contributed by atoms with Crippen LogP contribution < -0.4 is 16.0 Å². The van der Waals surface area contributed by atoms with Gasteiger partial charge in [-0.15, -0.1) is 0 Å². The molecule has 1 aliphatic carbocycles. The van der Waals surface area contributed by atoms with Crippen molar-refractivity contribution in [3.63, 3.8) is 0 Å². The second-order valence-corrected chi connectivity index (χ2v) is 8.32. The molecular formula is C21H31N3O2. The van der Waals surface area contributed by atoms with Crippen molar-refractivity contribution in [1.82, 2.24) is 10.6 Å². The number of carbonyl (C=O) groups is 2. The summed E-state index contributed by atoms with van der Waals surface area (Å²) in [6, 6.07) is 5.50. The van der Waals surface area contributed by atoms with E-state index >= 15 is 0 Å². The molecule has 2 atom stereocenters. The van der Waals surface area contributed by atoms with E-state index in [0.717, 1.165) is 43.6 Å². The van der Waals surface area contributed by atoms with Crippen molar-refractivity contribution in [3.8, 4) is 0 Å². The van der Waals surface area contributed by atoms with Crippen molar-refractivity contribution in [3.05, 3.63) is 29.3 Å². The van der Waals surface area contributed by atoms with Gasteiger partial charge in [0.2, 0.25) is 5.91 Å². The lowest BCUT2D eigenvalue weighted by Gasteiger charge is -2.37. The summed E-state index contributed by atoms with van der Waals surface area (Å²) in [4.78, 5) is 25.3. The molecule has 0 aromatic heterocycles. The van der Waals surface area contributed by atoms with Crippen LogP contribution in [-0.2, 0) is 4.79 Å². The number of rotatable bonds is 5. The van der Waals surface area contributed by atoms with Gasteiger partial charge in [-0.25, -0.2) is 0 Å². The fourth-order valence-electron chi connectivity index (χ4n) is 4.28. The van der Waals surface area contributed by atoms with Crippen LogP contribution in [0.2, 0.25) is 0 Å². The Morgan fingerprint density at radius 1 is 1.31 bits per heavy atom. The van der Waals surface area contributed by atoms with E-state index in [4.69, 9.17) is 0 Å². The minimum atomic E-state index is -0.266. The topological polar surface area (TPSA) is 70.2 Å². The SMILES string of the molecule is Cc1cc(C(=O)NCC(C)C)ccc1NC(=O)[C@@]12CCCC[C@H]1CNC2. The number of amides is 2. The Morgan fingerprint density at radius 2 is 2.12 bits per heavy atom. The molecule has 0 radical (unpaired) electrons. The molecule has 1 aliphatic heterocycles. The molecule has 0 bridgehead atoms. The second kappa shape index (κ2) is 7.78. The molecule has 3 rings (SSSR count). The van der Waals surface area contributed by atoms with E-state index in [1.807, 2.05) is 19.1 Å². The van der Waals surface area contributed by atoms with E-state index in [0.29, 0.717) is 23.9 Å². The number of hydrogen-bond acceptors (Lipinski definition) is 3. The number of carbonyl (C=O) groups excluding carboxylic acids is 2. The number of aryl methyl sites for hydroxylation is 1. The quantitative estimate of drug-likeness (QED) is 0.758. The van der Waals surface area contributed by atoms with Crippen molar-refractivity contribution >= 4 is 17.5 Å². The smallest absolute Gasteiger partial charge is 0.251 e. The van der Waals surface area contributed by atoms with Crippen LogP contribution in [0.4, 0.5) is 5.69 Å². The summed E-state index contributed by atoms with van der Waals surface area (Å²) in [5.74, 6) is 0.928. The van der Waals surface area contributed by atoms with Gasteiger partial charge in [0.05, 0.1) is 5.41 Å². The zero-order valence-electron chi connectivity index (χ0n) is 16.2. The van der Waals surface area contributed by atoms with Crippen LogP contribution in [0.5, 0.6) is 0 Å². The molecule has 1 aromatic carbocycles. The van der Waals surface area contributed by atoms with Gasteiger partial charge in [0.15, 0.2) is 0 Å². The molecule has 1 saturated carbocycles. The summed E-state index contributed by atoms with van der Waals surface area (Å²) in [7, 11) is 0. The molecule has 0 unspecified atom stereocenters. The van der Waals surface area contributed by atoms with Gasteiger partial charge in [-0.2, -0.15) is 0 Å². The highest BCUT2D eigenvalue weighted by atomic mass is 16.2. The Balaban J connectivity index is 1.70. The first-order valence-corrected chi connectivity index (χ1v) is 9.83. The third-order valence-electron chi connectivity index (χ3n) is 5.90. The zero-order valence-corrected chi connectivity index (χ0v) is 16.2. The van der Waals surface area contributed by atoms with Gasteiger partial charge in [-0.3, -0.25) is 9.59 Å². The van der Waals surface area contributed by atoms with Crippen molar-refractivity contribution in [2.45, 2.75) is 46.5 Å². The molecule has 2 aliphatic rings. The average Bonchev–Trinajstić information content (AvgIpc) is 3.06. The first-order valence-electron chi connectivity index (χ1n) is 9.83. The van der Waals surface area contributed by atoms with Gasteiger partial charge < -0.3 is 16.0 Å². The van der Waals surface area contributed by atoms with E-state index in [9.17, 15) is 9.59 Å². The molecule has 26 heavy (non-hydrogen) atoms. The van der Waals surface area contributed by atoms with Crippen LogP contribution in [0.25, 0.3) is 0 Å². The maximum absolute atomic E-state index is 13.1. The van der Waals surface area contributed by atoms with Crippen molar-refractivity contribution in [1.29, 1.82) is 0 Å². The zero-order chi connectivity index (χ0) is 18.7. The predicted molar refractivity (Wildman–Crippen MR) is 104 cm³/mol.